The van der Waals surface area contributed by atoms with Crippen LogP contribution in [0.2, 0.25) is 0 Å². The molecule has 4 heterocycles. The average Bonchev–Trinajstić information content (AvgIpc) is 3.50. The maximum absolute atomic E-state index is 4.93. The van der Waals surface area contributed by atoms with Crippen molar-refractivity contribution >= 4 is 17.5 Å². The Kier molecular flexibility index (Phi) is 4.81. The van der Waals surface area contributed by atoms with Crippen molar-refractivity contribution in [3.63, 3.8) is 0 Å². The van der Waals surface area contributed by atoms with Crippen LogP contribution in [-0.2, 0) is 12.8 Å². The van der Waals surface area contributed by atoms with E-state index < -0.39 is 0 Å². The maximum atomic E-state index is 4.93. The second-order valence-electron chi connectivity index (χ2n) is 9.04. The highest BCUT2D eigenvalue weighted by Crippen LogP contribution is 2.38. The first-order chi connectivity index (χ1) is 15.3. The number of piperidine rings is 1. The van der Waals surface area contributed by atoms with Crippen molar-refractivity contribution in [2.45, 2.75) is 63.8 Å². The number of rotatable bonds is 4. The van der Waals surface area contributed by atoms with Gasteiger partial charge in [-0.15, -0.1) is 0 Å². The van der Waals surface area contributed by atoms with Gasteiger partial charge < -0.3 is 10.2 Å². The van der Waals surface area contributed by atoms with Crippen LogP contribution in [0.25, 0.3) is 11.4 Å². The molecule has 0 bridgehead atoms. The van der Waals surface area contributed by atoms with E-state index in [0.717, 1.165) is 37.4 Å². The van der Waals surface area contributed by atoms with Gasteiger partial charge >= 0.3 is 0 Å². The van der Waals surface area contributed by atoms with E-state index in [0.29, 0.717) is 12.0 Å². The van der Waals surface area contributed by atoms with Crippen LogP contribution in [0.1, 0.15) is 62.1 Å². The van der Waals surface area contributed by atoms with Gasteiger partial charge in [-0.2, -0.15) is 5.10 Å². The molecule has 0 spiro atoms. The van der Waals surface area contributed by atoms with Gasteiger partial charge in [-0.1, -0.05) is 12.8 Å². The Hall–Kier alpha value is -2.96. The molecule has 1 saturated heterocycles. The van der Waals surface area contributed by atoms with Gasteiger partial charge in [0.05, 0.1) is 35.5 Å². The Morgan fingerprint density at radius 1 is 0.839 bits per heavy atom. The molecule has 2 fully saturated rings. The molecule has 160 valence electrons. The lowest BCUT2D eigenvalue weighted by atomic mass is 9.95. The van der Waals surface area contributed by atoms with E-state index in [1.165, 1.54) is 67.5 Å². The summed E-state index contributed by atoms with van der Waals surface area (Å²) in [7, 11) is 0. The van der Waals surface area contributed by atoms with Gasteiger partial charge in [-0.3, -0.25) is 4.68 Å². The van der Waals surface area contributed by atoms with Gasteiger partial charge in [0.15, 0.2) is 0 Å². The zero-order chi connectivity index (χ0) is 20.6. The minimum Gasteiger partial charge on any atom is -0.370 e. The largest absolute Gasteiger partial charge is 0.370 e. The van der Waals surface area contributed by atoms with E-state index in [1.54, 1.807) is 0 Å². The third kappa shape index (κ3) is 3.56. The van der Waals surface area contributed by atoms with Crippen LogP contribution in [0.5, 0.6) is 0 Å². The second kappa shape index (κ2) is 7.94. The summed E-state index contributed by atoms with van der Waals surface area (Å²) in [5.41, 5.74) is 5.96. The molecule has 1 saturated carbocycles. The van der Waals surface area contributed by atoms with Gasteiger partial charge in [0.2, 0.25) is 5.95 Å². The summed E-state index contributed by atoms with van der Waals surface area (Å²) in [6.45, 7) is 2.25. The summed E-state index contributed by atoms with van der Waals surface area (Å²) < 4.78 is 2.24. The molecule has 0 aromatic carbocycles. The maximum Gasteiger partial charge on any atom is 0.228 e. The van der Waals surface area contributed by atoms with E-state index in [1.807, 2.05) is 24.7 Å². The molecule has 0 atom stereocenters. The predicted octanol–water partition coefficient (Wildman–Crippen LogP) is 4.68. The number of aryl methyl sites for hydroxylation is 2. The lowest BCUT2D eigenvalue weighted by Gasteiger charge is -2.28. The van der Waals surface area contributed by atoms with Crippen LogP contribution in [0.4, 0.5) is 17.5 Å². The van der Waals surface area contributed by atoms with Crippen molar-refractivity contribution < 1.29 is 0 Å². The number of nitrogens with one attached hydrogen (secondary N) is 1. The van der Waals surface area contributed by atoms with Crippen molar-refractivity contribution in [3.05, 3.63) is 41.9 Å². The highest BCUT2D eigenvalue weighted by atomic mass is 15.3. The number of pyridine rings is 1. The van der Waals surface area contributed by atoms with Crippen LogP contribution in [0.15, 0.2) is 30.7 Å². The minimum atomic E-state index is 0.505. The van der Waals surface area contributed by atoms with E-state index in [9.17, 15) is 0 Å². The molecule has 0 radical (unpaired) electrons. The SMILES string of the molecule is c1cc(Nc2ncc3c(n2)-c2c(cnn2C2CCCC2)CC3)ncc1N1CCCCC1. The zero-order valence-electron chi connectivity index (χ0n) is 17.9. The van der Waals surface area contributed by atoms with E-state index in [-0.39, 0.29) is 0 Å². The van der Waals surface area contributed by atoms with Gasteiger partial charge in [-0.05, 0) is 62.6 Å². The van der Waals surface area contributed by atoms with Crippen molar-refractivity contribution in [3.8, 4) is 11.4 Å². The number of fused-ring (bicyclic) bond motifs is 3. The Balaban J connectivity index is 1.26. The standard InChI is InChI=1S/C24H29N7/c1-4-12-30(13-5-1)20-10-11-21(25-16-20)28-24-26-14-17-8-9-18-15-27-31(19-6-2-3-7-19)23(18)22(17)29-24/h10-11,14-16,19H,1-9,12-13H2,(H,25,26,28,29). The number of nitrogens with zero attached hydrogens (tertiary/aromatic N) is 6. The topological polar surface area (TPSA) is 71.8 Å². The lowest BCUT2D eigenvalue weighted by Crippen LogP contribution is -2.29. The van der Waals surface area contributed by atoms with E-state index in [2.05, 4.69) is 30.9 Å². The summed E-state index contributed by atoms with van der Waals surface area (Å²) in [4.78, 5) is 16.6. The summed E-state index contributed by atoms with van der Waals surface area (Å²) in [5.74, 6) is 1.38. The monoisotopic (exact) mass is 415 g/mol. The molecule has 1 N–H and O–H groups in total. The number of hydrogen-bond acceptors (Lipinski definition) is 6. The first-order valence-corrected chi connectivity index (χ1v) is 11.8. The van der Waals surface area contributed by atoms with Crippen molar-refractivity contribution in [2.24, 2.45) is 0 Å². The molecule has 6 rings (SSSR count). The number of hydrogen-bond donors (Lipinski definition) is 1. The molecule has 2 aliphatic carbocycles. The summed E-state index contributed by atoms with van der Waals surface area (Å²) in [6.07, 6.45) is 16.9. The number of aromatic nitrogens is 5. The van der Waals surface area contributed by atoms with E-state index in [4.69, 9.17) is 10.1 Å². The normalized spacial score (nSPS) is 18.6. The molecule has 31 heavy (non-hydrogen) atoms. The summed E-state index contributed by atoms with van der Waals surface area (Å²) >= 11 is 0. The third-order valence-electron chi connectivity index (χ3n) is 7.00. The molecule has 3 aliphatic rings. The Labute approximate surface area is 182 Å². The quantitative estimate of drug-likeness (QED) is 0.667. The molecule has 0 unspecified atom stereocenters. The Morgan fingerprint density at radius 3 is 2.48 bits per heavy atom. The van der Waals surface area contributed by atoms with Crippen LogP contribution >= 0.6 is 0 Å². The van der Waals surface area contributed by atoms with Crippen LogP contribution in [0, 0.1) is 0 Å². The summed E-state index contributed by atoms with van der Waals surface area (Å²) in [5, 5.41) is 8.08. The molecular weight excluding hydrogens is 386 g/mol. The van der Waals surface area contributed by atoms with Crippen LogP contribution in [0.3, 0.4) is 0 Å². The Bertz CT molecular complexity index is 1060. The molecule has 7 nitrogen and oxygen atoms in total. The average molecular weight is 416 g/mol. The van der Waals surface area contributed by atoms with Gasteiger partial charge in [0.25, 0.3) is 0 Å². The van der Waals surface area contributed by atoms with Gasteiger partial charge in [-0.25, -0.2) is 15.0 Å². The fourth-order valence-corrected chi connectivity index (χ4v) is 5.31. The Morgan fingerprint density at radius 2 is 1.68 bits per heavy atom. The highest BCUT2D eigenvalue weighted by Gasteiger charge is 2.28. The minimum absolute atomic E-state index is 0.505. The third-order valence-corrected chi connectivity index (χ3v) is 7.00. The van der Waals surface area contributed by atoms with Crippen LogP contribution in [-0.4, -0.2) is 37.8 Å². The van der Waals surface area contributed by atoms with Gasteiger partial charge in [0, 0.05) is 24.8 Å². The van der Waals surface area contributed by atoms with Crippen LogP contribution < -0.4 is 10.2 Å². The first kappa shape index (κ1) is 18.8. The highest BCUT2D eigenvalue weighted by molar-refractivity contribution is 5.67. The molecule has 3 aromatic heterocycles. The smallest absolute Gasteiger partial charge is 0.228 e. The van der Waals surface area contributed by atoms with Crippen molar-refractivity contribution in [1.29, 1.82) is 0 Å². The predicted molar refractivity (Wildman–Crippen MR) is 122 cm³/mol. The van der Waals surface area contributed by atoms with Gasteiger partial charge in [0.1, 0.15) is 5.82 Å². The molecule has 1 aliphatic heterocycles. The first-order valence-electron chi connectivity index (χ1n) is 11.8. The number of anilines is 3. The fraction of sp³-hybridized carbons (Fsp3) is 0.500. The fourth-order valence-electron chi connectivity index (χ4n) is 5.31. The van der Waals surface area contributed by atoms with E-state index >= 15 is 0 Å². The molecule has 7 heteroatoms. The second-order valence-corrected chi connectivity index (χ2v) is 9.04. The van der Waals surface area contributed by atoms with Crippen molar-refractivity contribution in [1.82, 2.24) is 24.7 Å². The molecular formula is C24H29N7. The zero-order valence-corrected chi connectivity index (χ0v) is 17.9. The van der Waals surface area contributed by atoms with Crippen molar-refractivity contribution in [2.75, 3.05) is 23.3 Å². The summed E-state index contributed by atoms with van der Waals surface area (Å²) in [6, 6.07) is 4.68. The lowest BCUT2D eigenvalue weighted by molar-refractivity contribution is 0.470. The molecule has 3 aromatic rings. The molecule has 0 amide bonds.